The molecule has 1 aliphatic carbocycles. The van der Waals surface area contributed by atoms with Gasteiger partial charge in [0, 0.05) is 23.4 Å². The van der Waals surface area contributed by atoms with Crippen molar-refractivity contribution in [2.75, 3.05) is 25.4 Å². The quantitative estimate of drug-likeness (QED) is 0.460. The third kappa shape index (κ3) is 4.29. The van der Waals surface area contributed by atoms with Gasteiger partial charge in [-0.3, -0.25) is 4.98 Å². The number of pyridine rings is 1. The predicted molar refractivity (Wildman–Crippen MR) is 118 cm³/mol. The van der Waals surface area contributed by atoms with Crippen LogP contribution in [-0.4, -0.2) is 55.2 Å². The van der Waals surface area contributed by atoms with Gasteiger partial charge < -0.3 is 9.88 Å². The van der Waals surface area contributed by atoms with Crippen LogP contribution in [0.25, 0.3) is 11.2 Å². The first-order valence-corrected chi connectivity index (χ1v) is 12.4. The van der Waals surface area contributed by atoms with Crippen molar-refractivity contribution >= 4 is 34.7 Å². The minimum atomic E-state index is 0.336. The lowest BCUT2D eigenvalue weighted by molar-refractivity contribution is 0.242. The molecule has 2 aliphatic rings. The molecule has 0 radical (unpaired) electrons. The summed E-state index contributed by atoms with van der Waals surface area (Å²) in [7, 11) is 0. The largest absolute Gasteiger partial charge is 0.341 e. The molecule has 3 aromatic rings. The van der Waals surface area contributed by atoms with Gasteiger partial charge in [0.05, 0.1) is 17.3 Å². The monoisotopic (exact) mass is 426 g/mol. The molecular formula is C21H26N6S2. The molecule has 1 N–H and O–H groups in total. The van der Waals surface area contributed by atoms with Crippen LogP contribution in [0, 0.1) is 0 Å². The number of aromatic amines is 1. The van der Waals surface area contributed by atoms with E-state index in [9.17, 15) is 0 Å². The van der Waals surface area contributed by atoms with Crippen LogP contribution in [0.5, 0.6) is 0 Å². The zero-order chi connectivity index (χ0) is 19.5. The second-order valence-corrected chi connectivity index (χ2v) is 10.0. The number of rotatable bonds is 6. The zero-order valence-electron chi connectivity index (χ0n) is 16.5. The minimum Gasteiger partial charge on any atom is -0.341 e. The van der Waals surface area contributed by atoms with Crippen molar-refractivity contribution < 1.29 is 0 Å². The molecule has 1 unspecified atom stereocenters. The fraction of sp³-hybridized carbons (Fsp3) is 0.524. The van der Waals surface area contributed by atoms with Gasteiger partial charge in [-0.25, -0.2) is 15.0 Å². The molecule has 0 aromatic carbocycles. The summed E-state index contributed by atoms with van der Waals surface area (Å²) in [6.45, 7) is 3.74. The maximum atomic E-state index is 4.81. The predicted octanol–water partition coefficient (Wildman–Crippen LogP) is 4.50. The lowest BCUT2D eigenvalue weighted by Gasteiger charge is -2.27. The van der Waals surface area contributed by atoms with Gasteiger partial charge in [0.15, 0.2) is 5.65 Å². The molecule has 3 aromatic heterocycles. The Hall–Kier alpha value is -1.64. The minimum absolute atomic E-state index is 0.336. The number of likely N-dealkylation sites (tertiary alicyclic amines) is 1. The summed E-state index contributed by atoms with van der Waals surface area (Å²) >= 11 is 3.80. The van der Waals surface area contributed by atoms with Gasteiger partial charge in [0.25, 0.3) is 0 Å². The lowest BCUT2D eigenvalue weighted by Crippen LogP contribution is -2.31. The van der Waals surface area contributed by atoms with E-state index in [0.717, 1.165) is 34.8 Å². The maximum absolute atomic E-state index is 4.81. The third-order valence-corrected chi connectivity index (χ3v) is 8.16. The Labute approximate surface area is 179 Å². The molecule has 0 saturated carbocycles. The third-order valence-electron chi connectivity index (χ3n) is 5.80. The summed E-state index contributed by atoms with van der Waals surface area (Å²) in [4.78, 5) is 25.0. The smallest absolute Gasteiger partial charge is 0.181 e. The molecule has 0 bridgehead atoms. The second-order valence-electron chi connectivity index (χ2n) is 7.70. The highest BCUT2D eigenvalue weighted by molar-refractivity contribution is 8.00. The number of piperidine rings is 1. The van der Waals surface area contributed by atoms with E-state index >= 15 is 0 Å². The van der Waals surface area contributed by atoms with Crippen molar-refractivity contribution in [3.63, 3.8) is 0 Å². The molecule has 1 atom stereocenters. The number of nitrogens with one attached hydrogen (secondary N) is 1. The van der Waals surface area contributed by atoms with Crippen LogP contribution in [0.2, 0.25) is 0 Å². The normalized spacial score (nSPS) is 20.1. The van der Waals surface area contributed by atoms with Crippen molar-refractivity contribution in [1.82, 2.24) is 29.8 Å². The first-order valence-electron chi connectivity index (χ1n) is 10.5. The van der Waals surface area contributed by atoms with Gasteiger partial charge in [0.1, 0.15) is 16.9 Å². The van der Waals surface area contributed by atoms with E-state index in [1.165, 1.54) is 61.5 Å². The molecular weight excluding hydrogens is 400 g/mol. The Kier molecular flexibility index (Phi) is 6.01. The van der Waals surface area contributed by atoms with Gasteiger partial charge in [-0.1, -0.05) is 18.2 Å². The van der Waals surface area contributed by atoms with E-state index in [1.807, 2.05) is 18.0 Å². The Morgan fingerprint density at radius 1 is 1.07 bits per heavy atom. The van der Waals surface area contributed by atoms with Crippen molar-refractivity contribution in [3.8, 4) is 0 Å². The average Bonchev–Trinajstić information content (AvgIpc) is 3.25. The van der Waals surface area contributed by atoms with E-state index in [0.29, 0.717) is 5.25 Å². The van der Waals surface area contributed by atoms with Crippen molar-refractivity contribution in [2.45, 2.75) is 53.7 Å². The van der Waals surface area contributed by atoms with Gasteiger partial charge >= 0.3 is 0 Å². The Bertz CT molecular complexity index is 969. The van der Waals surface area contributed by atoms with Gasteiger partial charge in [-0.15, -0.1) is 11.8 Å². The molecule has 5 rings (SSSR count). The lowest BCUT2D eigenvalue weighted by atomic mass is 9.96. The van der Waals surface area contributed by atoms with Crippen LogP contribution in [0.4, 0.5) is 0 Å². The fourth-order valence-electron chi connectivity index (χ4n) is 4.30. The molecule has 0 amide bonds. The van der Waals surface area contributed by atoms with Crippen LogP contribution in [0.1, 0.15) is 48.6 Å². The van der Waals surface area contributed by atoms with Gasteiger partial charge in [0.2, 0.25) is 0 Å². The Balaban J connectivity index is 1.31. The van der Waals surface area contributed by atoms with E-state index in [-0.39, 0.29) is 0 Å². The number of imidazole rings is 1. The summed E-state index contributed by atoms with van der Waals surface area (Å²) < 4.78 is 0. The van der Waals surface area contributed by atoms with Crippen LogP contribution in [0.3, 0.4) is 0 Å². The van der Waals surface area contributed by atoms with E-state index < -0.39 is 0 Å². The SMILES string of the molecule is c1cc(SCCN2CCCCC2)c2c(n1)C(Sc1ncnc3nc[nH]c13)CCC2. The molecule has 0 spiro atoms. The number of fused-ring (bicyclic) bond motifs is 2. The molecule has 4 heterocycles. The number of aromatic nitrogens is 5. The zero-order valence-corrected chi connectivity index (χ0v) is 18.1. The van der Waals surface area contributed by atoms with Crippen LogP contribution in [0.15, 0.2) is 34.8 Å². The van der Waals surface area contributed by atoms with E-state index in [1.54, 1.807) is 24.4 Å². The molecule has 8 heteroatoms. The Morgan fingerprint density at radius 2 is 2.00 bits per heavy atom. The molecule has 29 heavy (non-hydrogen) atoms. The van der Waals surface area contributed by atoms with Crippen LogP contribution < -0.4 is 0 Å². The number of hydrogen-bond acceptors (Lipinski definition) is 7. The summed E-state index contributed by atoms with van der Waals surface area (Å²) in [6.07, 6.45) is 12.9. The van der Waals surface area contributed by atoms with E-state index in [4.69, 9.17) is 4.98 Å². The first-order chi connectivity index (χ1) is 14.4. The summed E-state index contributed by atoms with van der Waals surface area (Å²) in [6, 6.07) is 2.21. The first kappa shape index (κ1) is 19.3. The molecule has 1 fully saturated rings. The number of thioether (sulfide) groups is 2. The maximum Gasteiger partial charge on any atom is 0.181 e. The van der Waals surface area contributed by atoms with Gasteiger partial charge in [-0.05, 0) is 56.8 Å². The highest BCUT2D eigenvalue weighted by Crippen LogP contribution is 2.45. The molecule has 152 valence electrons. The second kappa shape index (κ2) is 9.02. The number of H-pyrrole nitrogens is 1. The Morgan fingerprint density at radius 3 is 2.93 bits per heavy atom. The highest BCUT2D eigenvalue weighted by Gasteiger charge is 2.26. The van der Waals surface area contributed by atoms with Crippen LogP contribution in [-0.2, 0) is 6.42 Å². The average molecular weight is 427 g/mol. The number of hydrogen-bond donors (Lipinski definition) is 1. The molecule has 1 saturated heterocycles. The topological polar surface area (TPSA) is 70.6 Å². The summed E-state index contributed by atoms with van der Waals surface area (Å²) in [5, 5.41) is 1.30. The molecule has 6 nitrogen and oxygen atoms in total. The van der Waals surface area contributed by atoms with Crippen molar-refractivity contribution in [1.29, 1.82) is 0 Å². The van der Waals surface area contributed by atoms with Crippen LogP contribution >= 0.6 is 23.5 Å². The van der Waals surface area contributed by atoms with Gasteiger partial charge in [-0.2, -0.15) is 0 Å². The standard InChI is InChI=1S/C21H26N6S2/c1-2-9-27(10-3-1)11-12-28-16-7-8-22-18-15(16)5-4-6-17(18)29-21-19-20(24-13-23-19)25-14-26-21/h7-8,13-14,17H,1-6,9-12H2,(H,23,24,25,26). The molecule has 1 aliphatic heterocycles. The van der Waals surface area contributed by atoms with Crippen molar-refractivity contribution in [3.05, 3.63) is 36.2 Å². The summed E-state index contributed by atoms with van der Waals surface area (Å²) in [5.74, 6) is 1.16. The number of nitrogens with zero attached hydrogens (tertiary/aromatic N) is 5. The fourth-order valence-corrected chi connectivity index (χ4v) is 6.66. The summed E-state index contributed by atoms with van der Waals surface area (Å²) in [5.41, 5.74) is 4.36. The highest BCUT2D eigenvalue weighted by atomic mass is 32.2. The van der Waals surface area contributed by atoms with E-state index in [2.05, 4.69) is 30.9 Å². The van der Waals surface area contributed by atoms with Crippen molar-refractivity contribution in [2.24, 2.45) is 0 Å².